The van der Waals surface area contributed by atoms with Crippen LogP contribution in [0, 0.1) is 0 Å². The number of amides is 1. The number of alkyl halides is 2. The van der Waals surface area contributed by atoms with Gasteiger partial charge in [-0.25, -0.2) is 18.6 Å². The van der Waals surface area contributed by atoms with Crippen LogP contribution >= 0.6 is 0 Å². The quantitative estimate of drug-likeness (QED) is 0.931. The lowest BCUT2D eigenvalue weighted by Crippen LogP contribution is -2.48. The van der Waals surface area contributed by atoms with Crippen molar-refractivity contribution in [1.29, 1.82) is 0 Å². The number of carboxylic acid groups (broad SMARTS) is 1. The molecular weight excluding hydrogens is 282 g/mol. The highest BCUT2D eigenvalue weighted by Crippen LogP contribution is 2.37. The second-order valence-corrected chi connectivity index (χ2v) is 5.51. The Labute approximate surface area is 120 Å². The van der Waals surface area contributed by atoms with E-state index in [4.69, 9.17) is 4.74 Å². The van der Waals surface area contributed by atoms with Gasteiger partial charge in [-0.1, -0.05) is 0 Å². The van der Waals surface area contributed by atoms with Crippen LogP contribution < -0.4 is 4.74 Å². The molecule has 1 unspecified atom stereocenters. The third kappa shape index (κ3) is 2.77. The molecule has 2 aliphatic rings. The van der Waals surface area contributed by atoms with Crippen LogP contribution in [-0.2, 0) is 0 Å². The summed E-state index contributed by atoms with van der Waals surface area (Å²) in [6, 6.07) is 2.43. The first-order valence-electron chi connectivity index (χ1n) is 6.96. The highest BCUT2D eigenvalue weighted by Gasteiger charge is 2.44. The van der Waals surface area contributed by atoms with Gasteiger partial charge in [0.15, 0.2) is 0 Å². The Morgan fingerprint density at radius 2 is 2.05 bits per heavy atom. The number of rotatable bonds is 3. The van der Waals surface area contributed by atoms with Crippen LogP contribution in [0.5, 0.6) is 5.88 Å². The first-order valence-corrected chi connectivity index (χ1v) is 6.96. The molecule has 2 saturated heterocycles. The molecule has 0 radical (unpaired) electrons. The molecule has 1 aromatic heterocycles. The summed E-state index contributed by atoms with van der Waals surface area (Å²) in [6.07, 6.45) is 0.533. The first kappa shape index (κ1) is 14.0. The fourth-order valence-electron chi connectivity index (χ4n) is 3.33. The lowest BCUT2D eigenvalue weighted by Gasteiger charge is -2.36. The van der Waals surface area contributed by atoms with E-state index in [2.05, 4.69) is 4.98 Å². The van der Waals surface area contributed by atoms with Gasteiger partial charge in [0.05, 0.1) is 0 Å². The van der Waals surface area contributed by atoms with Gasteiger partial charge in [0.1, 0.15) is 6.10 Å². The van der Waals surface area contributed by atoms with Crippen LogP contribution in [0.2, 0.25) is 0 Å². The highest BCUT2D eigenvalue weighted by molar-refractivity contribution is 5.66. The fraction of sp³-hybridized carbons (Fsp3) is 0.571. The predicted molar refractivity (Wildman–Crippen MR) is 69.5 cm³/mol. The molecule has 21 heavy (non-hydrogen) atoms. The van der Waals surface area contributed by atoms with E-state index in [1.807, 2.05) is 0 Å². The third-order valence-electron chi connectivity index (χ3n) is 4.21. The molecule has 1 aromatic rings. The van der Waals surface area contributed by atoms with Crippen LogP contribution in [0.3, 0.4) is 0 Å². The largest absolute Gasteiger partial charge is 0.474 e. The highest BCUT2D eigenvalue weighted by atomic mass is 19.3. The van der Waals surface area contributed by atoms with Crippen molar-refractivity contribution in [3.63, 3.8) is 0 Å². The number of hydrogen-bond donors (Lipinski definition) is 1. The predicted octanol–water partition coefficient (Wildman–Crippen LogP) is 3.07. The van der Waals surface area contributed by atoms with Crippen LogP contribution in [0.4, 0.5) is 13.6 Å². The summed E-state index contributed by atoms with van der Waals surface area (Å²) in [5.74, 6) is 0.181. The van der Waals surface area contributed by atoms with Crippen LogP contribution in [0.1, 0.15) is 37.7 Å². The lowest BCUT2D eigenvalue weighted by molar-refractivity contribution is 0.0474. The zero-order valence-corrected chi connectivity index (χ0v) is 11.3. The first-order chi connectivity index (χ1) is 10.0. The summed E-state index contributed by atoms with van der Waals surface area (Å²) in [7, 11) is 0. The Morgan fingerprint density at radius 3 is 2.62 bits per heavy atom. The van der Waals surface area contributed by atoms with Gasteiger partial charge in [0.25, 0.3) is 6.43 Å². The molecule has 7 heteroatoms. The minimum atomic E-state index is -2.56. The number of hydrogen-bond acceptors (Lipinski definition) is 3. The van der Waals surface area contributed by atoms with E-state index < -0.39 is 12.5 Å². The molecule has 3 heterocycles. The molecule has 1 N–H and O–H groups in total. The number of halogens is 2. The van der Waals surface area contributed by atoms with Gasteiger partial charge in [0, 0.05) is 42.8 Å². The van der Waals surface area contributed by atoms with E-state index in [1.54, 1.807) is 0 Å². The van der Waals surface area contributed by atoms with E-state index in [9.17, 15) is 18.7 Å². The number of aromatic nitrogens is 1. The van der Waals surface area contributed by atoms with Crippen molar-refractivity contribution < 1.29 is 23.4 Å². The second-order valence-electron chi connectivity index (χ2n) is 5.51. The standard InChI is InChI=1S/C14H16F2N2O3/c15-13(16)8-3-4-17-12(5-8)21-11-6-9-1-2-10(7-11)18(9)14(19)20/h3-5,9-11,13H,1-2,6-7H2,(H,19,20)/t9-,10+,11?. The van der Waals surface area contributed by atoms with Crippen molar-refractivity contribution in [2.24, 2.45) is 0 Å². The Kier molecular flexibility index (Phi) is 3.65. The lowest BCUT2D eigenvalue weighted by atomic mass is 10.0. The van der Waals surface area contributed by atoms with E-state index in [0.717, 1.165) is 12.8 Å². The average molecular weight is 298 g/mol. The molecule has 0 aromatic carbocycles. The molecule has 114 valence electrons. The molecule has 2 bridgehead atoms. The van der Waals surface area contributed by atoms with E-state index in [0.29, 0.717) is 12.8 Å². The summed E-state index contributed by atoms with van der Waals surface area (Å²) >= 11 is 0. The number of carbonyl (C=O) groups is 1. The Bertz CT molecular complexity index is 527. The van der Waals surface area contributed by atoms with Gasteiger partial charge in [-0.05, 0) is 18.9 Å². The molecule has 2 aliphatic heterocycles. The molecule has 2 fully saturated rings. The van der Waals surface area contributed by atoms with Crippen molar-refractivity contribution in [2.45, 2.75) is 50.3 Å². The van der Waals surface area contributed by atoms with Gasteiger partial charge < -0.3 is 14.7 Å². The topological polar surface area (TPSA) is 62.7 Å². The summed E-state index contributed by atoms with van der Waals surface area (Å²) < 4.78 is 31.0. The van der Waals surface area contributed by atoms with Gasteiger partial charge in [-0.3, -0.25) is 0 Å². The molecule has 3 rings (SSSR count). The number of nitrogens with zero attached hydrogens (tertiary/aromatic N) is 2. The monoisotopic (exact) mass is 298 g/mol. The summed E-state index contributed by atoms with van der Waals surface area (Å²) in [5, 5.41) is 9.18. The number of fused-ring (bicyclic) bond motifs is 2. The minimum absolute atomic E-state index is 0.0375. The zero-order valence-electron chi connectivity index (χ0n) is 11.3. The maximum atomic E-state index is 12.6. The van der Waals surface area contributed by atoms with Crippen molar-refractivity contribution in [3.05, 3.63) is 23.9 Å². The second kappa shape index (κ2) is 5.46. The molecule has 0 spiro atoms. The van der Waals surface area contributed by atoms with Crippen molar-refractivity contribution >= 4 is 6.09 Å². The Balaban J connectivity index is 1.68. The maximum absolute atomic E-state index is 12.6. The molecule has 1 amide bonds. The fourth-order valence-corrected chi connectivity index (χ4v) is 3.33. The number of piperidine rings is 1. The van der Waals surface area contributed by atoms with Crippen LogP contribution in [0.25, 0.3) is 0 Å². The summed E-state index contributed by atoms with van der Waals surface area (Å²) in [6.45, 7) is 0. The van der Waals surface area contributed by atoms with Crippen LogP contribution in [0.15, 0.2) is 18.3 Å². The molecule has 5 nitrogen and oxygen atoms in total. The van der Waals surface area contributed by atoms with Crippen molar-refractivity contribution in [3.8, 4) is 5.88 Å². The zero-order chi connectivity index (χ0) is 15.0. The Morgan fingerprint density at radius 1 is 1.38 bits per heavy atom. The van der Waals surface area contributed by atoms with Crippen molar-refractivity contribution in [1.82, 2.24) is 9.88 Å². The summed E-state index contributed by atoms with van der Waals surface area (Å²) in [4.78, 5) is 16.6. The smallest absolute Gasteiger partial charge is 0.407 e. The SMILES string of the molecule is O=C(O)N1[C@@H]2CC[C@H]1CC(Oc1cc(C(F)F)ccn1)C2. The van der Waals surface area contributed by atoms with Crippen molar-refractivity contribution in [2.75, 3.05) is 0 Å². The number of pyridine rings is 1. The molecule has 3 atom stereocenters. The van der Waals surface area contributed by atoms with Gasteiger partial charge >= 0.3 is 6.09 Å². The molecular formula is C14H16F2N2O3. The third-order valence-corrected chi connectivity index (χ3v) is 4.21. The van der Waals surface area contributed by atoms with Gasteiger partial charge in [0.2, 0.25) is 5.88 Å². The summed E-state index contributed by atoms with van der Waals surface area (Å²) in [5.41, 5.74) is -0.119. The molecule has 0 aliphatic carbocycles. The van der Waals surface area contributed by atoms with E-state index >= 15 is 0 Å². The molecule has 0 saturated carbocycles. The maximum Gasteiger partial charge on any atom is 0.407 e. The normalized spacial score (nSPS) is 28.0. The Hall–Kier alpha value is -1.92. The average Bonchev–Trinajstić information content (AvgIpc) is 2.71. The van der Waals surface area contributed by atoms with E-state index in [1.165, 1.54) is 23.2 Å². The minimum Gasteiger partial charge on any atom is -0.474 e. The van der Waals surface area contributed by atoms with Gasteiger partial charge in [-0.2, -0.15) is 0 Å². The van der Waals surface area contributed by atoms with E-state index in [-0.39, 0.29) is 29.6 Å². The van der Waals surface area contributed by atoms with Crippen LogP contribution in [-0.4, -0.2) is 39.3 Å². The number of ether oxygens (including phenoxy) is 1. The van der Waals surface area contributed by atoms with Gasteiger partial charge in [-0.15, -0.1) is 0 Å².